The molecular weight excluding hydrogens is 392 g/mol. The van der Waals surface area contributed by atoms with Gasteiger partial charge in [0, 0.05) is 55.9 Å². The molecule has 1 aliphatic heterocycles. The van der Waals surface area contributed by atoms with Crippen molar-refractivity contribution in [3.8, 4) is 17.1 Å². The number of ether oxygens (including phenoxy) is 1. The van der Waals surface area contributed by atoms with Crippen molar-refractivity contribution in [3.05, 3.63) is 66.1 Å². The van der Waals surface area contributed by atoms with Crippen molar-refractivity contribution in [2.45, 2.75) is 13.1 Å². The number of rotatable bonds is 6. The number of nitrogens with zero attached hydrogens (tertiary/aromatic N) is 4. The highest BCUT2D eigenvalue weighted by molar-refractivity contribution is 5.90. The Balaban J connectivity index is 1.50. The Labute approximate surface area is 179 Å². The van der Waals surface area contributed by atoms with Gasteiger partial charge in [-0.3, -0.25) is 4.98 Å². The van der Waals surface area contributed by atoms with Gasteiger partial charge < -0.3 is 25.0 Å². The van der Waals surface area contributed by atoms with Crippen molar-refractivity contribution in [1.82, 2.24) is 25.3 Å². The lowest BCUT2D eigenvalue weighted by Gasteiger charge is -2.28. The van der Waals surface area contributed by atoms with E-state index in [1.165, 1.54) is 0 Å². The average Bonchev–Trinajstić information content (AvgIpc) is 3.23. The molecule has 3 aromatic heterocycles. The molecule has 1 aliphatic rings. The van der Waals surface area contributed by atoms with Crippen LogP contribution in [-0.2, 0) is 17.8 Å². The van der Waals surface area contributed by atoms with Crippen molar-refractivity contribution in [1.29, 1.82) is 0 Å². The van der Waals surface area contributed by atoms with E-state index in [2.05, 4.69) is 20.2 Å². The summed E-state index contributed by atoms with van der Waals surface area (Å²) < 4.78 is 5.52. The quantitative estimate of drug-likeness (QED) is 0.444. The Hall–Kier alpha value is -3.49. The van der Waals surface area contributed by atoms with Crippen molar-refractivity contribution in [2.75, 3.05) is 31.2 Å². The summed E-state index contributed by atoms with van der Waals surface area (Å²) in [6.07, 6.45) is 5.63. The number of phenolic OH excluding ortho intramolecular Hbond substituents is 1. The Morgan fingerprint density at radius 3 is 2.81 bits per heavy atom. The molecule has 31 heavy (non-hydrogen) atoms. The number of phenols is 1. The molecule has 0 aliphatic carbocycles. The second-order valence-corrected chi connectivity index (χ2v) is 7.52. The molecule has 1 aromatic carbocycles. The number of aromatic nitrogens is 4. The van der Waals surface area contributed by atoms with Gasteiger partial charge in [-0.05, 0) is 23.8 Å². The van der Waals surface area contributed by atoms with E-state index in [-0.39, 0.29) is 5.75 Å². The van der Waals surface area contributed by atoms with Gasteiger partial charge in [0.05, 0.1) is 18.7 Å². The number of benzene rings is 1. The second-order valence-electron chi connectivity index (χ2n) is 7.52. The highest BCUT2D eigenvalue weighted by Crippen LogP contribution is 2.30. The van der Waals surface area contributed by atoms with E-state index in [0.29, 0.717) is 25.6 Å². The van der Waals surface area contributed by atoms with Gasteiger partial charge in [-0.2, -0.15) is 0 Å². The number of aromatic amines is 1. The SMILES string of the molecule is Oc1cccc(-c2nc(N3CCOCC3)c3[nH]cc(CNCc4cccnc4)c3n2)c1. The van der Waals surface area contributed by atoms with Gasteiger partial charge in [0.15, 0.2) is 11.6 Å². The molecule has 4 heterocycles. The molecule has 5 rings (SSSR count). The summed E-state index contributed by atoms with van der Waals surface area (Å²) in [4.78, 5) is 19.5. The average molecular weight is 416 g/mol. The van der Waals surface area contributed by atoms with E-state index in [0.717, 1.165) is 53.2 Å². The van der Waals surface area contributed by atoms with Gasteiger partial charge in [0.1, 0.15) is 11.3 Å². The monoisotopic (exact) mass is 416 g/mol. The highest BCUT2D eigenvalue weighted by atomic mass is 16.5. The van der Waals surface area contributed by atoms with Crippen molar-refractivity contribution < 1.29 is 9.84 Å². The fourth-order valence-electron chi connectivity index (χ4n) is 3.80. The van der Waals surface area contributed by atoms with Crippen LogP contribution in [0.5, 0.6) is 5.75 Å². The van der Waals surface area contributed by atoms with E-state index in [1.54, 1.807) is 24.4 Å². The lowest BCUT2D eigenvalue weighted by molar-refractivity contribution is 0.122. The van der Waals surface area contributed by atoms with Crippen LogP contribution in [0.25, 0.3) is 22.4 Å². The van der Waals surface area contributed by atoms with Gasteiger partial charge in [-0.25, -0.2) is 9.97 Å². The summed E-state index contributed by atoms with van der Waals surface area (Å²) in [5, 5.41) is 13.4. The Morgan fingerprint density at radius 2 is 2.00 bits per heavy atom. The fourth-order valence-corrected chi connectivity index (χ4v) is 3.80. The molecule has 3 N–H and O–H groups in total. The van der Waals surface area contributed by atoms with Crippen LogP contribution in [0.1, 0.15) is 11.1 Å². The topological polar surface area (TPSA) is 99.2 Å². The minimum Gasteiger partial charge on any atom is -0.508 e. The molecule has 0 atom stereocenters. The number of anilines is 1. The van der Waals surface area contributed by atoms with E-state index >= 15 is 0 Å². The zero-order valence-electron chi connectivity index (χ0n) is 17.1. The van der Waals surface area contributed by atoms with E-state index in [4.69, 9.17) is 14.7 Å². The maximum Gasteiger partial charge on any atom is 0.162 e. The maximum absolute atomic E-state index is 9.94. The summed E-state index contributed by atoms with van der Waals surface area (Å²) in [6.45, 7) is 4.29. The highest BCUT2D eigenvalue weighted by Gasteiger charge is 2.20. The molecule has 4 aromatic rings. The minimum absolute atomic E-state index is 0.196. The number of fused-ring (bicyclic) bond motifs is 1. The van der Waals surface area contributed by atoms with Gasteiger partial charge >= 0.3 is 0 Å². The number of nitrogens with one attached hydrogen (secondary N) is 2. The molecule has 0 radical (unpaired) electrons. The van der Waals surface area contributed by atoms with Crippen LogP contribution in [0.2, 0.25) is 0 Å². The Kier molecular flexibility index (Phi) is 5.47. The first kappa shape index (κ1) is 19.5. The molecule has 8 heteroatoms. The van der Waals surface area contributed by atoms with Crippen molar-refractivity contribution in [2.24, 2.45) is 0 Å². The van der Waals surface area contributed by atoms with Crippen LogP contribution in [0.4, 0.5) is 5.82 Å². The maximum atomic E-state index is 9.94. The second kappa shape index (κ2) is 8.71. The van der Waals surface area contributed by atoms with E-state index < -0.39 is 0 Å². The van der Waals surface area contributed by atoms with E-state index in [1.807, 2.05) is 30.6 Å². The lowest BCUT2D eigenvalue weighted by Crippen LogP contribution is -2.37. The van der Waals surface area contributed by atoms with Crippen molar-refractivity contribution >= 4 is 16.9 Å². The lowest BCUT2D eigenvalue weighted by atomic mass is 10.2. The van der Waals surface area contributed by atoms with Crippen LogP contribution in [0.3, 0.4) is 0 Å². The smallest absolute Gasteiger partial charge is 0.162 e. The summed E-state index contributed by atoms with van der Waals surface area (Å²) >= 11 is 0. The number of hydrogen-bond donors (Lipinski definition) is 3. The van der Waals surface area contributed by atoms with Gasteiger partial charge in [-0.15, -0.1) is 0 Å². The molecule has 1 saturated heterocycles. The molecule has 8 nitrogen and oxygen atoms in total. The number of pyridine rings is 1. The standard InChI is InChI=1S/C23H24N6O2/c30-19-5-1-4-17(11-19)22-27-20-18(14-25-13-16-3-2-6-24-12-16)15-26-21(20)23(28-22)29-7-9-31-10-8-29/h1-6,11-12,15,25-26,30H,7-10,13-14H2. The number of H-pyrrole nitrogens is 1. The predicted octanol–water partition coefficient (Wildman–Crippen LogP) is 2.85. The predicted molar refractivity (Wildman–Crippen MR) is 119 cm³/mol. The molecule has 1 fully saturated rings. The van der Waals surface area contributed by atoms with Crippen molar-refractivity contribution in [3.63, 3.8) is 0 Å². The van der Waals surface area contributed by atoms with Gasteiger partial charge in [0.2, 0.25) is 0 Å². The number of aromatic hydroxyl groups is 1. The molecule has 0 saturated carbocycles. The van der Waals surface area contributed by atoms with E-state index in [9.17, 15) is 5.11 Å². The summed E-state index contributed by atoms with van der Waals surface area (Å²) in [5.74, 6) is 1.66. The molecule has 0 unspecified atom stereocenters. The van der Waals surface area contributed by atoms with Gasteiger partial charge in [-0.1, -0.05) is 18.2 Å². The minimum atomic E-state index is 0.196. The first-order valence-corrected chi connectivity index (χ1v) is 10.4. The largest absolute Gasteiger partial charge is 0.508 e. The summed E-state index contributed by atoms with van der Waals surface area (Å²) in [5.41, 5.74) is 4.79. The third-order valence-electron chi connectivity index (χ3n) is 5.37. The molecule has 0 amide bonds. The molecule has 0 bridgehead atoms. The van der Waals surface area contributed by atoms with Crippen LogP contribution >= 0.6 is 0 Å². The Morgan fingerprint density at radius 1 is 1.10 bits per heavy atom. The van der Waals surface area contributed by atoms with Crippen LogP contribution in [-0.4, -0.2) is 51.3 Å². The third kappa shape index (κ3) is 4.21. The zero-order valence-corrected chi connectivity index (χ0v) is 17.1. The molecular formula is C23H24N6O2. The first-order valence-electron chi connectivity index (χ1n) is 10.4. The number of morpholine rings is 1. The summed E-state index contributed by atoms with van der Waals surface area (Å²) in [6, 6.07) is 11.0. The molecule has 158 valence electrons. The third-order valence-corrected chi connectivity index (χ3v) is 5.37. The zero-order chi connectivity index (χ0) is 21.0. The Bertz CT molecular complexity index is 1170. The fraction of sp³-hybridized carbons (Fsp3) is 0.261. The van der Waals surface area contributed by atoms with Gasteiger partial charge in [0.25, 0.3) is 0 Å². The van der Waals surface area contributed by atoms with Crippen LogP contribution in [0.15, 0.2) is 55.0 Å². The molecule has 0 spiro atoms. The summed E-state index contributed by atoms with van der Waals surface area (Å²) in [7, 11) is 0. The number of hydrogen-bond acceptors (Lipinski definition) is 7. The van der Waals surface area contributed by atoms with Crippen LogP contribution < -0.4 is 10.2 Å². The first-order chi connectivity index (χ1) is 15.3. The normalized spacial score (nSPS) is 14.3. The van der Waals surface area contributed by atoms with Crippen LogP contribution in [0, 0.1) is 0 Å².